The van der Waals surface area contributed by atoms with E-state index in [1.54, 1.807) is 14.0 Å². The van der Waals surface area contributed by atoms with Gasteiger partial charge < -0.3 is 20.1 Å². The summed E-state index contributed by atoms with van der Waals surface area (Å²) in [4.78, 5) is 24.7. The van der Waals surface area contributed by atoms with Crippen LogP contribution in [0.25, 0.3) is 0 Å². The van der Waals surface area contributed by atoms with Gasteiger partial charge in [0.1, 0.15) is 5.54 Å². The summed E-state index contributed by atoms with van der Waals surface area (Å²) in [5, 5.41) is 12.0. The number of carboxylic acid groups (broad SMARTS) is 1. The normalized spacial score (nSPS) is 22.5. The summed E-state index contributed by atoms with van der Waals surface area (Å²) in [6.45, 7) is 3.44. The van der Waals surface area contributed by atoms with Gasteiger partial charge in [0.15, 0.2) is 0 Å². The van der Waals surface area contributed by atoms with Crippen molar-refractivity contribution >= 4 is 12.0 Å². The number of carboxylic acids is 1. The molecule has 0 spiro atoms. The van der Waals surface area contributed by atoms with Crippen LogP contribution in [0.4, 0.5) is 4.79 Å². The topological polar surface area (TPSA) is 78.9 Å². The Morgan fingerprint density at radius 1 is 1.37 bits per heavy atom. The molecular weight excluding hydrogens is 248 g/mol. The predicted molar refractivity (Wildman–Crippen MR) is 71.1 cm³/mol. The average Bonchev–Trinajstić information content (AvgIpc) is 2.77. The number of methoxy groups -OCH3 is 1. The molecule has 1 atom stereocenters. The quantitative estimate of drug-likeness (QED) is 0.688. The lowest BCUT2D eigenvalue weighted by atomic mass is 10.00. The maximum absolute atomic E-state index is 12.0. The van der Waals surface area contributed by atoms with Gasteiger partial charge in [-0.15, -0.1) is 0 Å². The minimum Gasteiger partial charge on any atom is -0.480 e. The molecule has 6 heteroatoms. The Kier molecular flexibility index (Phi) is 6.08. The van der Waals surface area contributed by atoms with Crippen molar-refractivity contribution < 1.29 is 19.4 Å². The van der Waals surface area contributed by atoms with Crippen molar-refractivity contribution in [1.82, 2.24) is 10.2 Å². The van der Waals surface area contributed by atoms with Gasteiger partial charge in [-0.2, -0.15) is 0 Å². The molecule has 2 N–H and O–H groups in total. The molecule has 1 aliphatic rings. The van der Waals surface area contributed by atoms with Crippen LogP contribution in [0, 0.1) is 0 Å². The summed E-state index contributed by atoms with van der Waals surface area (Å²) in [5.41, 5.74) is -1.06. The van der Waals surface area contributed by atoms with E-state index in [1.807, 2.05) is 0 Å². The Bertz CT molecular complexity index is 322. The maximum Gasteiger partial charge on any atom is 0.329 e. The van der Waals surface area contributed by atoms with Gasteiger partial charge in [0, 0.05) is 26.8 Å². The van der Waals surface area contributed by atoms with Crippen molar-refractivity contribution in [2.75, 3.05) is 26.8 Å². The first-order valence-electron chi connectivity index (χ1n) is 6.80. The molecule has 1 heterocycles. The molecule has 0 aromatic rings. The lowest BCUT2D eigenvalue weighted by molar-refractivity contribution is -0.147. The Balaban J connectivity index is 2.31. The second kappa shape index (κ2) is 7.33. The third kappa shape index (κ3) is 4.09. The summed E-state index contributed by atoms with van der Waals surface area (Å²) in [7, 11) is 1.67. The molecule has 110 valence electrons. The lowest BCUT2D eigenvalue weighted by Crippen LogP contribution is -2.54. The van der Waals surface area contributed by atoms with Crippen LogP contribution < -0.4 is 5.32 Å². The molecule has 19 heavy (non-hydrogen) atoms. The molecule has 0 aromatic heterocycles. The van der Waals surface area contributed by atoms with E-state index in [9.17, 15) is 14.7 Å². The van der Waals surface area contributed by atoms with Crippen molar-refractivity contribution in [2.45, 2.75) is 44.6 Å². The number of unbranched alkanes of at least 4 members (excludes halogenated alkanes) is 2. The molecule has 0 bridgehead atoms. The first-order valence-corrected chi connectivity index (χ1v) is 6.80. The standard InChI is InChI=1S/C13H24N2O4/c1-13(11(16)17)7-6-9-15(13)12(18)14-8-4-3-5-10-19-2/h3-10H2,1-2H3,(H,14,18)(H,16,17). The number of amides is 2. The molecule has 1 saturated heterocycles. The molecule has 6 nitrogen and oxygen atoms in total. The number of urea groups is 1. The molecule has 0 radical (unpaired) electrons. The van der Waals surface area contributed by atoms with Gasteiger partial charge in [0.2, 0.25) is 0 Å². The molecule has 0 aromatic carbocycles. The second-order valence-electron chi connectivity index (χ2n) is 5.12. The fourth-order valence-electron chi connectivity index (χ4n) is 2.35. The number of carbonyl (C=O) groups is 2. The van der Waals surface area contributed by atoms with Crippen LogP contribution in [0.5, 0.6) is 0 Å². The van der Waals surface area contributed by atoms with Gasteiger partial charge in [0.25, 0.3) is 0 Å². The van der Waals surface area contributed by atoms with Gasteiger partial charge in [-0.3, -0.25) is 0 Å². The molecular formula is C13H24N2O4. The van der Waals surface area contributed by atoms with E-state index in [0.717, 1.165) is 32.3 Å². The SMILES string of the molecule is COCCCCCNC(=O)N1CCCC1(C)C(=O)O. The highest BCUT2D eigenvalue weighted by Gasteiger charge is 2.45. The number of nitrogens with zero attached hydrogens (tertiary/aromatic N) is 1. The number of rotatable bonds is 7. The Hall–Kier alpha value is -1.30. The molecule has 2 amide bonds. The summed E-state index contributed by atoms with van der Waals surface area (Å²) in [6.07, 6.45) is 4.10. The monoisotopic (exact) mass is 272 g/mol. The van der Waals surface area contributed by atoms with Crippen LogP contribution in [0.1, 0.15) is 39.0 Å². The number of ether oxygens (including phenoxy) is 1. The van der Waals surface area contributed by atoms with Crippen molar-refractivity contribution in [2.24, 2.45) is 0 Å². The Morgan fingerprint density at radius 3 is 2.74 bits per heavy atom. The lowest BCUT2D eigenvalue weighted by Gasteiger charge is -2.31. The van der Waals surface area contributed by atoms with E-state index >= 15 is 0 Å². The van der Waals surface area contributed by atoms with Crippen molar-refractivity contribution in [3.8, 4) is 0 Å². The van der Waals surface area contributed by atoms with Gasteiger partial charge in [-0.1, -0.05) is 0 Å². The minimum atomic E-state index is -1.06. The second-order valence-corrected chi connectivity index (χ2v) is 5.12. The third-order valence-electron chi connectivity index (χ3n) is 3.65. The van der Waals surface area contributed by atoms with Crippen LogP contribution in [0.15, 0.2) is 0 Å². The van der Waals surface area contributed by atoms with Crippen LogP contribution in [-0.2, 0) is 9.53 Å². The van der Waals surface area contributed by atoms with Crippen molar-refractivity contribution in [1.29, 1.82) is 0 Å². The summed E-state index contributed by atoms with van der Waals surface area (Å²) >= 11 is 0. The number of nitrogens with one attached hydrogen (secondary N) is 1. The first kappa shape index (κ1) is 15.8. The number of aliphatic carboxylic acids is 1. The van der Waals surface area contributed by atoms with E-state index < -0.39 is 11.5 Å². The molecule has 1 fully saturated rings. The highest BCUT2D eigenvalue weighted by atomic mass is 16.5. The summed E-state index contributed by atoms with van der Waals surface area (Å²) < 4.78 is 4.94. The number of hydrogen-bond acceptors (Lipinski definition) is 3. The molecule has 1 rings (SSSR count). The van der Waals surface area contributed by atoms with Crippen LogP contribution >= 0.6 is 0 Å². The minimum absolute atomic E-state index is 0.269. The molecule has 1 aliphatic heterocycles. The molecule has 1 unspecified atom stereocenters. The highest BCUT2D eigenvalue weighted by Crippen LogP contribution is 2.29. The van der Waals surface area contributed by atoms with Gasteiger partial charge in [0.05, 0.1) is 0 Å². The molecule has 0 saturated carbocycles. The van der Waals surface area contributed by atoms with E-state index in [0.29, 0.717) is 19.5 Å². The van der Waals surface area contributed by atoms with Crippen LogP contribution in [0.2, 0.25) is 0 Å². The van der Waals surface area contributed by atoms with E-state index in [2.05, 4.69) is 5.32 Å². The third-order valence-corrected chi connectivity index (χ3v) is 3.65. The Labute approximate surface area is 114 Å². The smallest absolute Gasteiger partial charge is 0.329 e. The van der Waals surface area contributed by atoms with Crippen LogP contribution in [-0.4, -0.2) is 54.4 Å². The average molecular weight is 272 g/mol. The zero-order valence-electron chi connectivity index (χ0n) is 11.8. The largest absolute Gasteiger partial charge is 0.480 e. The van der Waals surface area contributed by atoms with Crippen molar-refractivity contribution in [3.05, 3.63) is 0 Å². The number of hydrogen-bond donors (Lipinski definition) is 2. The predicted octanol–water partition coefficient (Wildman–Crippen LogP) is 1.45. The Morgan fingerprint density at radius 2 is 2.11 bits per heavy atom. The molecule has 0 aliphatic carbocycles. The summed E-state index contributed by atoms with van der Waals surface area (Å²) in [5.74, 6) is -0.930. The number of likely N-dealkylation sites (tertiary alicyclic amines) is 1. The fraction of sp³-hybridized carbons (Fsp3) is 0.846. The zero-order chi connectivity index (χ0) is 14.3. The van der Waals surface area contributed by atoms with Crippen LogP contribution in [0.3, 0.4) is 0 Å². The highest BCUT2D eigenvalue weighted by molar-refractivity contribution is 5.86. The number of carbonyl (C=O) groups excluding carboxylic acids is 1. The van der Waals surface area contributed by atoms with E-state index in [-0.39, 0.29) is 6.03 Å². The van der Waals surface area contributed by atoms with Crippen molar-refractivity contribution in [3.63, 3.8) is 0 Å². The zero-order valence-corrected chi connectivity index (χ0v) is 11.8. The van der Waals surface area contributed by atoms with Gasteiger partial charge >= 0.3 is 12.0 Å². The summed E-state index contributed by atoms with van der Waals surface area (Å²) in [6, 6.07) is -0.269. The first-order chi connectivity index (χ1) is 9.02. The van der Waals surface area contributed by atoms with E-state index in [1.165, 1.54) is 4.90 Å². The van der Waals surface area contributed by atoms with Gasteiger partial charge in [-0.25, -0.2) is 9.59 Å². The van der Waals surface area contributed by atoms with E-state index in [4.69, 9.17) is 4.74 Å². The fourth-order valence-corrected chi connectivity index (χ4v) is 2.35. The van der Waals surface area contributed by atoms with Gasteiger partial charge in [-0.05, 0) is 39.0 Å². The maximum atomic E-state index is 12.0.